The zero-order valence-electron chi connectivity index (χ0n) is 21.2. The highest BCUT2D eigenvalue weighted by Crippen LogP contribution is 2.41. The van der Waals surface area contributed by atoms with Crippen LogP contribution in [-0.4, -0.2) is 30.1 Å². The first-order chi connectivity index (χ1) is 18.7. The van der Waals surface area contributed by atoms with Gasteiger partial charge in [-0.05, 0) is 54.8 Å². The third-order valence-corrected chi connectivity index (χ3v) is 8.36. The van der Waals surface area contributed by atoms with E-state index in [0.717, 1.165) is 0 Å². The van der Waals surface area contributed by atoms with Crippen molar-refractivity contribution in [2.45, 2.75) is 37.3 Å². The maximum absolute atomic E-state index is 14.1. The highest BCUT2D eigenvalue weighted by atomic mass is 32.2. The number of nitrogens with zero attached hydrogens (tertiary/aromatic N) is 1. The van der Waals surface area contributed by atoms with E-state index in [1.54, 1.807) is 36.4 Å². The zero-order valence-corrected chi connectivity index (χ0v) is 22.0. The van der Waals surface area contributed by atoms with Gasteiger partial charge in [0, 0.05) is 47.6 Å². The fourth-order valence-electron chi connectivity index (χ4n) is 4.87. The number of Topliss-reactive ketones (excluding diaryl/α,β-unsaturated/α-hetero) is 1. The number of aromatic nitrogens is 2. The summed E-state index contributed by atoms with van der Waals surface area (Å²) in [7, 11) is -4.02. The number of carbonyl (C=O) groups is 2. The lowest BCUT2D eigenvalue weighted by molar-refractivity contribution is -0.114. The number of amides is 1. The van der Waals surface area contributed by atoms with Crippen molar-refractivity contribution in [3.05, 3.63) is 101 Å². The second-order valence-corrected chi connectivity index (χ2v) is 11.6. The van der Waals surface area contributed by atoms with Crippen molar-refractivity contribution in [3.8, 4) is 11.3 Å². The van der Waals surface area contributed by atoms with Crippen LogP contribution < -0.4 is 10.6 Å². The lowest BCUT2D eigenvalue weighted by Gasteiger charge is -2.24. The number of nitrogens with one attached hydrogen (secondary N) is 3. The van der Waals surface area contributed by atoms with Gasteiger partial charge in [0.1, 0.15) is 11.6 Å². The van der Waals surface area contributed by atoms with Gasteiger partial charge < -0.3 is 15.6 Å². The van der Waals surface area contributed by atoms with Gasteiger partial charge in [-0.25, -0.2) is 17.8 Å². The molecule has 0 saturated heterocycles. The number of halogens is 1. The monoisotopic (exact) mass is 546 g/mol. The van der Waals surface area contributed by atoms with E-state index in [1.807, 2.05) is 6.07 Å². The summed E-state index contributed by atoms with van der Waals surface area (Å²) in [5.41, 5.74) is 3.37. The highest BCUT2D eigenvalue weighted by molar-refractivity contribution is 7.91. The van der Waals surface area contributed by atoms with E-state index in [2.05, 4.69) is 20.6 Å². The number of ketones is 1. The molecule has 2 heterocycles. The Morgan fingerprint density at radius 2 is 1.82 bits per heavy atom. The third-order valence-electron chi connectivity index (χ3n) is 6.55. The van der Waals surface area contributed by atoms with Crippen molar-refractivity contribution in [1.82, 2.24) is 9.97 Å². The number of hydrogen-bond donors (Lipinski definition) is 3. The maximum atomic E-state index is 14.1. The SMILES string of the molecule is CC(=O)Nc1cc(-c2[nH]c3c(c2C(Nc2ccccc2)S(=O)(=O)Cc2ccc(F)cc2)C(=O)CCC3)ccn1. The Morgan fingerprint density at radius 1 is 1.08 bits per heavy atom. The lowest BCUT2D eigenvalue weighted by atomic mass is 9.92. The molecule has 5 rings (SSSR count). The van der Waals surface area contributed by atoms with Crippen LogP contribution in [0.2, 0.25) is 0 Å². The van der Waals surface area contributed by atoms with Crippen molar-refractivity contribution in [2.24, 2.45) is 0 Å². The molecule has 0 fully saturated rings. The normalized spacial score (nSPS) is 13.9. The van der Waals surface area contributed by atoms with E-state index >= 15 is 0 Å². The van der Waals surface area contributed by atoms with Crippen LogP contribution in [-0.2, 0) is 26.8 Å². The minimum absolute atomic E-state index is 0.137. The first-order valence-electron chi connectivity index (χ1n) is 12.5. The van der Waals surface area contributed by atoms with Crippen molar-refractivity contribution in [3.63, 3.8) is 0 Å². The van der Waals surface area contributed by atoms with Gasteiger partial charge in [-0.15, -0.1) is 0 Å². The average molecular weight is 547 g/mol. The Balaban J connectivity index is 1.70. The van der Waals surface area contributed by atoms with Gasteiger partial charge in [-0.2, -0.15) is 0 Å². The highest BCUT2D eigenvalue weighted by Gasteiger charge is 2.37. The summed E-state index contributed by atoms with van der Waals surface area (Å²) in [5.74, 6) is -0.978. The minimum atomic E-state index is -4.02. The molecule has 1 atom stereocenters. The number of hydrogen-bond acceptors (Lipinski definition) is 6. The van der Waals surface area contributed by atoms with Crippen LogP contribution in [0.25, 0.3) is 11.3 Å². The molecular weight excluding hydrogens is 519 g/mol. The van der Waals surface area contributed by atoms with Crippen LogP contribution in [0.15, 0.2) is 72.9 Å². The Bertz CT molecular complexity index is 1630. The van der Waals surface area contributed by atoms with E-state index in [1.165, 1.54) is 37.4 Å². The first kappa shape index (κ1) is 26.3. The Labute approximate surface area is 225 Å². The summed E-state index contributed by atoms with van der Waals surface area (Å²) in [6, 6.07) is 17.5. The van der Waals surface area contributed by atoms with Crippen LogP contribution in [0.5, 0.6) is 0 Å². The quantitative estimate of drug-likeness (QED) is 0.271. The fraction of sp³-hybridized carbons (Fsp3) is 0.207. The molecule has 2 aromatic carbocycles. The van der Waals surface area contributed by atoms with Gasteiger partial charge in [0.05, 0.1) is 11.4 Å². The summed E-state index contributed by atoms with van der Waals surface area (Å²) >= 11 is 0. The smallest absolute Gasteiger partial charge is 0.222 e. The topological polar surface area (TPSA) is 121 Å². The number of carbonyl (C=O) groups excluding carboxylic acids is 2. The molecule has 0 bridgehead atoms. The molecule has 0 saturated carbocycles. The molecule has 3 N–H and O–H groups in total. The van der Waals surface area contributed by atoms with Gasteiger partial charge >= 0.3 is 0 Å². The summed E-state index contributed by atoms with van der Waals surface area (Å²) in [4.78, 5) is 32.4. The standard InChI is InChI=1S/C29H27FN4O4S/c1-18(35)32-25-16-20(14-15-31-25)28-27(26-23(34-28)8-5-9-24(26)36)29(33-22-6-3-2-4-7-22)39(37,38)17-19-10-12-21(30)13-11-19/h2-4,6-7,10-16,29,33-34H,5,8-9,17H2,1H3,(H,31,32,35). The van der Waals surface area contributed by atoms with Crippen molar-refractivity contribution >= 4 is 33.0 Å². The maximum Gasteiger partial charge on any atom is 0.222 e. The number of benzene rings is 2. The molecule has 2 aromatic heterocycles. The molecule has 1 amide bonds. The van der Waals surface area contributed by atoms with Crippen molar-refractivity contribution in [2.75, 3.05) is 10.6 Å². The zero-order chi connectivity index (χ0) is 27.6. The van der Waals surface area contributed by atoms with E-state index < -0.39 is 21.0 Å². The minimum Gasteiger partial charge on any atom is -0.365 e. The third kappa shape index (κ3) is 5.75. The molecule has 0 spiro atoms. The number of anilines is 2. The molecule has 10 heteroatoms. The van der Waals surface area contributed by atoms with E-state index in [4.69, 9.17) is 0 Å². The Morgan fingerprint density at radius 3 is 2.54 bits per heavy atom. The number of aromatic amines is 1. The van der Waals surface area contributed by atoms with Gasteiger partial charge in [-0.3, -0.25) is 9.59 Å². The summed E-state index contributed by atoms with van der Waals surface area (Å²) < 4.78 is 41.8. The number of fused-ring (bicyclic) bond motifs is 1. The van der Waals surface area contributed by atoms with Gasteiger partial charge in [0.2, 0.25) is 5.91 Å². The molecule has 39 heavy (non-hydrogen) atoms. The molecular formula is C29H27FN4O4S. The largest absolute Gasteiger partial charge is 0.365 e. The molecule has 1 aliphatic rings. The number of rotatable bonds is 8. The number of H-pyrrole nitrogens is 1. The van der Waals surface area contributed by atoms with Crippen LogP contribution in [0.1, 0.15) is 52.3 Å². The van der Waals surface area contributed by atoms with Crippen molar-refractivity contribution < 1.29 is 22.4 Å². The second-order valence-electron chi connectivity index (χ2n) is 9.48. The van der Waals surface area contributed by atoms with Gasteiger partial charge in [0.15, 0.2) is 21.0 Å². The molecule has 200 valence electrons. The van der Waals surface area contributed by atoms with Crippen LogP contribution in [0.3, 0.4) is 0 Å². The molecule has 8 nitrogen and oxygen atoms in total. The first-order valence-corrected chi connectivity index (χ1v) is 14.2. The van der Waals surface area contributed by atoms with E-state index in [0.29, 0.717) is 64.4 Å². The Kier molecular flexibility index (Phi) is 7.30. The fourth-order valence-corrected chi connectivity index (χ4v) is 6.61. The summed E-state index contributed by atoms with van der Waals surface area (Å²) in [6.45, 7) is 1.37. The number of para-hydroxylation sites is 1. The summed E-state index contributed by atoms with van der Waals surface area (Å²) in [6.07, 6.45) is 3.06. The second kappa shape index (κ2) is 10.8. The predicted molar refractivity (Wildman–Crippen MR) is 147 cm³/mol. The number of pyridine rings is 1. The molecule has 0 aliphatic heterocycles. The van der Waals surface area contributed by atoms with Crippen LogP contribution >= 0.6 is 0 Å². The van der Waals surface area contributed by atoms with Gasteiger partial charge in [0.25, 0.3) is 0 Å². The summed E-state index contributed by atoms with van der Waals surface area (Å²) in [5, 5.41) is 4.50. The average Bonchev–Trinajstić information content (AvgIpc) is 3.29. The molecule has 4 aromatic rings. The predicted octanol–water partition coefficient (Wildman–Crippen LogP) is 5.42. The van der Waals surface area contributed by atoms with E-state index in [9.17, 15) is 22.4 Å². The van der Waals surface area contributed by atoms with E-state index in [-0.39, 0.29) is 17.4 Å². The molecule has 1 aliphatic carbocycles. The van der Waals surface area contributed by atoms with Crippen molar-refractivity contribution in [1.29, 1.82) is 0 Å². The Hall–Kier alpha value is -4.31. The number of sulfone groups is 1. The molecule has 1 unspecified atom stereocenters. The van der Waals surface area contributed by atoms with Crippen LogP contribution in [0, 0.1) is 5.82 Å². The lowest BCUT2D eigenvalue weighted by Crippen LogP contribution is -2.26. The van der Waals surface area contributed by atoms with Crippen LogP contribution in [0.4, 0.5) is 15.9 Å². The van der Waals surface area contributed by atoms with Gasteiger partial charge in [-0.1, -0.05) is 30.3 Å². The molecule has 0 radical (unpaired) electrons. The number of aryl methyl sites for hydroxylation is 1.